The highest BCUT2D eigenvalue weighted by Gasteiger charge is 2.41. The van der Waals surface area contributed by atoms with E-state index in [2.05, 4.69) is 13.1 Å². The van der Waals surface area contributed by atoms with Crippen LogP contribution in [0.5, 0.6) is 0 Å². The normalized spacial score (nSPS) is 29.0. The summed E-state index contributed by atoms with van der Waals surface area (Å²) in [6, 6.07) is -0.718. The van der Waals surface area contributed by atoms with Crippen molar-refractivity contribution >= 4 is 31.3 Å². The van der Waals surface area contributed by atoms with E-state index in [9.17, 15) is 13.7 Å². The number of hydrogen-bond donors (Lipinski definition) is 4. The minimum atomic E-state index is -5.49. The molecule has 4 N–H and O–H groups in total. The van der Waals surface area contributed by atoms with Crippen molar-refractivity contribution in [3.63, 3.8) is 0 Å². The lowest BCUT2D eigenvalue weighted by Crippen LogP contribution is -2.17. The summed E-state index contributed by atoms with van der Waals surface area (Å²) in [6.07, 6.45) is 2.07. The van der Waals surface area contributed by atoms with Crippen LogP contribution in [0.4, 0.5) is 0 Å². The second kappa shape index (κ2) is 6.52. The van der Waals surface area contributed by atoms with Crippen molar-refractivity contribution in [2.75, 3.05) is 6.61 Å². The van der Waals surface area contributed by atoms with E-state index in [1.165, 1.54) is 12.2 Å². The highest BCUT2D eigenvalue weighted by atomic mass is 31.3. The fourth-order valence-electron chi connectivity index (χ4n) is 1.09. The van der Waals surface area contributed by atoms with Crippen molar-refractivity contribution in [3.05, 3.63) is 12.2 Å². The predicted octanol–water partition coefficient (Wildman–Crippen LogP) is -0.221. The molecule has 11 nitrogen and oxygen atoms in total. The van der Waals surface area contributed by atoms with Gasteiger partial charge in [-0.25, -0.2) is 13.7 Å². The molecule has 2 radical (unpaired) electrons. The SMILES string of the molecule is [B]C1C=CC(COP(=O)(O)OP(=O)(O)OP(=O)(O)O)O1. The average Bonchev–Trinajstić information content (AvgIpc) is 2.55. The molecule has 0 bridgehead atoms. The van der Waals surface area contributed by atoms with Gasteiger partial charge in [0.1, 0.15) is 7.85 Å². The molecule has 0 saturated carbocycles. The Kier molecular flexibility index (Phi) is 5.94. The van der Waals surface area contributed by atoms with Gasteiger partial charge in [-0.1, -0.05) is 12.2 Å². The molecule has 0 aliphatic carbocycles. The van der Waals surface area contributed by atoms with Gasteiger partial charge in [-0.2, -0.15) is 8.62 Å². The van der Waals surface area contributed by atoms with E-state index in [0.717, 1.165) is 0 Å². The van der Waals surface area contributed by atoms with E-state index in [-0.39, 0.29) is 0 Å². The molecule has 0 fully saturated rings. The van der Waals surface area contributed by atoms with Crippen LogP contribution in [-0.4, -0.2) is 46.1 Å². The van der Waals surface area contributed by atoms with Crippen molar-refractivity contribution in [2.45, 2.75) is 12.1 Å². The van der Waals surface area contributed by atoms with E-state index < -0.39 is 42.2 Å². The molecule has 114 valence electrons. The number of ether oxygens (including phenoxy) is 1. The number of phosphoric acid groups is 3. The van der Waals surface area contributed by atoms with Crippen molar-refractivity contribution in [3.8, 4) is 0 Å². The fraction of sp³-hybridized carbons (Fsp3) is 0.600. The third kappa shape index (κ3) is 7.26. The minimum absolute atomic E-state index is 0.548. The second-order valence-corrected chi connectivity index (χ2v) is 7.83. The Morgan fingerprint density at radius 1 is 1.05 bits per heavy atom. The molecule has 1 heterocycles. The smallest absolute Gasteiger partial charge is 0.374 e. The van der Waals surface area contributed by atoms with Gasteiger partial charge in [0.05, 0.1) is 12.7 Å². The van der Waals surface area contributed by atoms with E-state index in [1.807, 2.05) is 0 Å². The van der Waals surface area contributed by atoms with Gasteiger partial charge in [0.2, 0.25) is 0 Å². The van der Waals surface area contributed by atoms with E-state index in [1.54, 1.807) is 0 Å². The molecule has 20 heavy (non-hydrogen) atoms. The second-order valence-electron chi connectivity index (χ2n) is 3.41. The first-order valence-electron chi connectivity index (χ1n) is 4.76. The first-order chi connectivity index (χ1) is 8.89. The molecule has 1 rings (SSSR count). The summed E-state index contributed by atoms with van der Waals surface area (Å²) in [5, 5.41) is 0. The zero-order valence-corrected chi connectivity index (χ0v) is 12.3. The summed E-state index contributed by atoms with van der Waals surface area (Å²) < 4.78 is 48.9. The Bertz CT molecular complexity index is 512. The number of rotatable bonds is 7. The summed E-state index contributed by atoms with van der Waals surface area (Å²) in [5.74, 6) is 0. The maximum absolute atomic E-state index is 11.3. The summed E-state index contributed by atoms with van der Waals surface area (Å²) in [4.78, 5) is 34.6. The van der Waals surface area contributed by atoms with E-state index in [4.69, 9.17) is 32.2 Å². The molecule has 4 unspecified atom stereocenters. The summed E-state index contributed by atoms with van der Waals surface area (Å²) in [6.45, 7) is -0.548. The Balaban J connectivity index is 2.52. The number of hydrogen-bond acceptors (Lipinski definition) is 7. The van der Waals surface area contributed by atoms with Crippen LogP contribution in [0, 0.1) is 0 Å². The first-order valence-corrected chi connectivity index (χ1v) is 9.28. The molecule has 1 aliphatic rings. The molecular formula is C5H10BO11P3. The van der Waals surface area contributed by atoms with Gasteiger partial charge in [-0.15, -0.1) is 0 Å². The Labute approximate surface area is 114 Å². The third-order valence-corrected chi connectivity index (χ3v) is 5.47. The Morgan fingerprint density at radius 3 is 2.10 bits per heavy atom. The van der Waals surface area contributed by atoms with Gasteiger partial charge in [-0.3, -0.25) is 4.52 Å². The van der Waals surface area contributed by atoms with Crippen LogP contribution in [-0.2, 0) is 31.6 Å². The van der Waals surface area contributed by atoms with Crippen LogP contribution in [0.2, 0.25) is 0 Å². The zero-order chi connectivity index (χ0) is 15.6. The van der Waals surface area contributed by atoms with Crippen LogP contribution in [0.25, 0.3) is 0 Å². The van der Waals surface area contributed by atoms with Crippen LogP contribution in [0.15, 0.2) is 12.2 Å². The third-order valence-electron chi connectivity index (χ3n) is 1.67. The lowest BCUT2D eigenvalue weighted by atomic mass is 10.0. The van der Waals surface area contributed by atoms with Crippen molar-refractivity contribution < 1.29 is 51.2 Å². The molecule has 15 heteroatoms. The molecule has 0 spiro atoms. The fourth-order valence-corrected chi connectivity index (χ4v) is 4.12. The Morgan fingerprint density at radius 2 is 1.65 bits per heavy atom. The van der Waals surface area contributed by atoms with Crippen LogP contribution < -0.4 is 0 Å². The predicted molar refractivity (Wildman–Crippen MR) is 63.4 cm³/mol. The van der Waals surface area contributed by atoms with Crippen LogP contribution in [0.1, 0.15) is 0 Å². The molecule has 1 aliphatic heterocycles. The zero-order valence-electron chi connectivity index (χ0n) is 9.58. The van der Waals surface area contributed by atoms with E-state index in [0.29, 0.717) is 0 Å². The quantitative estimate of drug-likeness (QED) is 0.272. The molecular weight excluding hydrogens is 340 g/mol. The van der Waals surface area contributed by atoms with Gasteiger partial charge in [0, 0.05) is 6.00 Å². The summed E-state index contributed by atoms with van der Waals surface area (Å²) >= 11 is 0. The molecule has 0 aromatic heterocycles. The van der Waals surface area contributed by atoms with Crippen molar-refractivity contribution in [1.29, 1.82) is 0 Å². The van der Waals surface area contributed by atoms with Gasteiger partial charge >= 0.3 is 23.5 Å². The van der Waals surface area contributed by atoms with Crippen LogP contribution >= 0.6 is 23.5 Å². The topological polar surface area (TPSA) is 169 Å². The number of phosphoric ester groups is 1. The van der Waals surface area contributed by atoms with Crippen molar-refractivity contribution in [2.24, 2.45) is 0 Å². The summed E-state index contributed by atoms with van der Waals surface area (Å²) in [5.41, 5.74) is 0. The molecule has 0 aromatic carbocycles. The van der Waals surface area contributed by atoms with Crippen LogP contribution in [0.3, 0.4) is 0 Å². The minimum Gasteiger partial charge on any atom is -0.374 e. The van der Waals surface area contributed by atoms with E-state index >= 15 is 0 Å². The maximum atomic E-state index is 11.3. The molecule has 0 amide bonds. The van der Waals surface area contributed by atoms with Gasteiger partial charge in [0.25, 0.3) is 0 Å². The Hall–Kier alpha value is 0.175. The lowest BCUT2D eigenvalue weighted by molar-refractivity contribution is 0.0536. The van der Waals surface area contributed by atoms with Gasteiger partial charge < -0.3 is 24.3 Å². The molecule has 4 atom stereocenters. The highest BCUT2D eigenvalue weighted by Crippen LogP contribution is 2.66. The van der Waals surface area contributed by atoms with Gasteiger partial charge in [0.15, 0.2) is 0 Å². The average molecular weight is 350 g/mol. The maximum Gasteiger partial charge on any atom is 0.490 e. The lowest BCUT2D eigenvalue weighted by Gasteiger charge is -2.17. The largest absolute Gasteiger partial charge is 0.490 e. The molecule has 0 saturated heterocycles. The van der Waals surface area contributed by atoms with Crippen molar-refractivity contribution in [1.82, 2.24) is 0 Å². The summed E-state index contributed by atoms with van der Waals surface area (Å²) in [7, 11) is -10.7. The molecule has 0 aromatic rings. The first kappa shape index (κ1) is 18.2. The standard InChI is InChI=1S/C5H10BO11P3/c6-5-2-1-4(15-5)3-14-19(10,11)17-20(12,13)16-18(7,8)9/h1-2,4-5H,3H2,(H,10,11)(H,12,13)(H2,7,8,9). The monoisotopic (exact) mass is 350 g/mol. The van der Waals surface area contributed by atoms with Gasteiger partial charge in [-0.05, 0) is 0 Å². The highest BCUT2D eigenvalue weighted by molar-refractivity contribution is 7.66.